The molecule has 1 aliphatic heterocycles. The summed E-state index contributed by atoms with van der Waals surface area (Å²) >= 11 is 0. The molecular formula is C19H23N3O2. The molecule has 2 aromatic rings. The number of rotatable bonds is 4. The van der Waals surface area contributed by atoms with Gasteiger partial charge in [-0.3, -0.25) is 9.78 Å². The van der Waals surface area contributed by atoms with Crippen molar-refractivity contribution in [2.24, 2.45) is 0 Å². The lowest BCUT2D eigenvalue weighted by Gasteiger charge is -2.32. The fourth-order valence-electron chi connectivity index (χ4n) is 2.81. The highest BCUT2D eigenvalue weighted by molar-refractivity contribution is 5.78. The van der Waals surface area contributed by atoms with Gasteiger partial charge in [-0.05, 0) is 31.0 Å². The number of amides is 1. The molecule has 1 fully saturated rings. The van der Waals surface area contributed by atoms with Crippen molar-refractivity contribution >= 4 is 5.91 Å². The van der Waals surface area contributed by atoms with Crippen LogP contribution in [0.5, 0.6) is 5.88 Å². The van der Waals surface area contributed by atoms with Gasteiger partial charge < -0.3 is 9.64 Å². The quantitative estimate of drug-likeness (QED) is 0.867. The van der Waals surface area contributed by atoms with Crippen molar-refractivity contribution in [3.63, 3.8) is 0 Å². The van der Waals surface area contributed by atoms with E-state index >= 15 is 0 Å². The first-order chi connectivity index (χ1) is 11.6. The molecule has 1 amide bonds. The highest BCUT2D eigenvalue weighted by atomic mass is 16.5. The fourth-order valence-corrected chi connectivity index (χ4v) is 2.81. The molecule has 5 nitrogen and oxygen atoms in total. The summed E-state index contributed by atoms with van der Waals surface area (Å²) < 4.78 is 5.91. The third-order valence-corrected chi connectivity index (χ3v) is 4.29. The van der Waals surface area contributed by atoms with Crippen LogP contribution in [0.2, 0.25) is 0 Å². The molecule has 0 bridgehead atoms. The van der Waals surface area contributed by atoms with Crippen LogP contribution >= 0.6 is 0 Å². The van der Waals surface area contributed by atoms with E-state index in [-0.39, 0.29) is 12.0 Å². The third kappa shape index (κ3) is 4.31. The van der Waals surface area contributed by atoms with E-state index in [1.165, 1.54) is 0 Å². The van der Waals surface area contributed by atoms with Crippen molar-refractivity contribution in [1.29, 1.82) is 0 Å². The number of hydrogen-bond acceptors (Lipinski definition) is 4. The van der Waals surface area contributed by atoms with Gasteiger partial charge in [0.15, 0.2) is 0 Å². The number of carbonyl (C=O) groups is 1. The predicted molar refractivity (Wildman–Crippen MR) is 91.9 cm³/mol. The lowest BCUT2D eigenvalue weighted by molar-refractivity contribution is -0.132. The van der Waals surface area contributed by atoms with E-state index in [0.717, 1.165) is 42.8 Å². The standard InChI is InChI=1S/C19H23N3O2/c1-14-3-6-18(21-12-14)24-17-7-9-22(10-8-17)19(23)11-16-5-4-15(2)20-13-16/h3-6,12-13,17H,7-11H2,1-2H3. The zero-order valence-electron chi connectivity index (χ0n) is 14.2. The van der Waals surface area contributed by atoms with Crippen LogP contribution in [-0.2, 0) is 11.2 Å². The van der Waals surface area contributed by atoms with Crippen LogP contribution in [0.4, 0.5) is 0 Å². The Balaban J connectivity index is 1.48. The van der Waals surface area contributed by atoms with Crippen molar-refractivity contribution in [2.45, 2.75) is 39.2 Å². The van der Waals surface area contributed by atoms with E-state index in [1.807, 2.05) is 49.2 Å². The van der Waals surface area contributed by atoms with Gasteiger partial charge in [0.05, 0.1) is 6.42 Å². The number of carbonyl (C=O) groups excluding carboxylic acids is 1. The molecule has 0 radical (unpaired) electrons. The van der Waals surface area contributed by atoms with Crippen LogP contribution in [0.25, 0.3) is 0 Å². The van der Waals surface area contributed by atoms with Crippen molar-refractivity contribution in [2.75, 3.05) is 13.1 Å². The topological polar surface area (TPSA) is 55.3 Å². The molecule has 0 aromatic carbocycles. The monoisotopic (exact) mass is 325 g/mol. The smallest absolute Gasteiger partial charge is 0.227 e. The molecule has 1 saturated heterocycles. The largest absolute Gasteiger partial charge is 0.474 e. The summed E-state index contributed by atoms with van der Waals surface area (Å²) in [4.78, 5) is 22.8. The van der Waals surface area contributed by atoms with E-state index in [0.29, 0.717) is 12.3 Å². The number of pyridine rings is 2. The van der Waals surface area contributed by atoms with Gasteiger partial charge in [0, 0.05) is 50.1 Å². The second kappa shape index (κ2) is 7.43. The second-order valence-electron chi connectivity index (χ2n) is 6.36. The first-order valence-corrected chi connectivity index (χ1v) is 8.39. The molecule has 0 spiro atoms. The maximum absolute atomic E-state index is 12.4. The lowest BCUT2D eigenvalue weighted by atomic mass is 10.1. The number of nitrogens with zero attached hydrogens (tertiary/aromatic N) is 3. The van der Waals surface area contributed by atoms with Crippen LogP contribution in [-0.4, -0.2) is 40.0 Å². The Labute approximate surface area is 142 Å². The zero-order chi connectivity index (χ0) is 16.9. The van der Waals surface area contributed by atoms with Gasteiger partial charge in [-0.15, -0.1) is 0 Å². The van der Waals surface area contributed by atoms with Gasteiger partial charge in [0.25, 0.3) is 0 Å². The maximum atomic E-state index is 12.4. The first-order valence-electron chi connectivity index (χ1n) is 8.39. The van der Waals surface area contributed by atoms with Gasteiger partial charge in [0.1, 0.15) is 6.10 Å². The normalized spacial score (nSPS) is 15.3. The van der Waals surface area contributed by atoms with Gasteiger partial charge in [-0.1, -0.05) is 12.1 Å². The average molecular weight is 325 g/mol. The third-order valence-electron chi connectivity index (χ3n) is 4.29. The average Bonchev–Trinajstić information content (AvgIpc) is 2.59. The Bertz CT molecular complexity index is 675. The summed E-state index contributed by atoms with van der Waals surface area (Å²) in [6.45, 7) is 5.41. The van der Waals surface area contributed by atoms with Crippen molar-refractivity contribution in [1.82, 2.24) is 14.9 Å². The minimum atomic E-state index is 0.130. The lowest BCUT2D eigenvalue weighted by Crippen LogP contribution is -2.42. The van der Waals surface area contributed by atoms with Crippen LogP contribution in [0.1, 0.15) is 29.7 Å². The molecule has 24 heavy (non-hydrogen) atoms. The molecular weight excluding hydrogens is 302 g/mol. The number of aromatic nitrogens is 2. The number of aryl methyl sites for hydroxylation is 2. The molecule has 3 heterocycles. The molecule has 0 saturated carbocycles. The molecule has 126 valence electrons. The van der Waals surface area contributed by atoms with Crippen molar-refractivity contribution in [3.05, 3.63) is 53.5 Å². The molecule has 0 N–H and O–H groups in total. The maximum Gasteiger partial charge on any atom is 0.227 e. The molecule has 5 heteroatoms. The molecule has 2 aromatic heterocycles. The van der Waals surface area contributed by atoms with Crippen LogP contribution < -0.4 is 4.74 Å². The molecule has 1 aliphatic rings. The number of piperidine rings is 1. The number of ether oxygens (including phenoxy) is 1. The summed E-state index contributed by atoms with van der Waals surface area (Å²) in [6.07, 6.45) is 5.82. The van der Waals surface area contributed by atoms with Crippen LogP contribution in [0, 0.1) is 13.8 Å². The molecule has 0 aliphatic carbocycles. The Kier molecular flexibility index (Phi) is 5.08. The minimum absolute atomic E-state index is 0.130. The van der Waals surface area contributed by atoms with E-state index in [1.54, 1.807) is 6.20 Å². The predicted octanol–water partition coefficient (Wildman–Crippen LogP) is 2.71. The number of likely N-dealkylation sites (tertiary alicyclic amines) is 1. The van der Waals surface area contributed by atoms with Crippen LogP contribution in [0.3, 0.4) is 0 Å². The van der Waals surface area contributed by atoms with Crippen molar-refractivity contribution in [3.8, 4) is 5.88 Å². The van der Waals surface area contributed by atoms with E-state index < -0.39 is 0 Å². The molecule has 3 rings (SSSR count). The summed E-state index contributed by atoms with van der Waals surface area (Å²) in [7, 11) is 0. The van der Waals surface area contributed by atoms with E-state index in [4.69, 9.17) is 4.74 Å². The minimum Gasteiger partial charge on any atom is -0.474 e. The highest BCUT2D eigenvalue weighted by Crippen LogP contribution is 2.18. The number of hydrogen-bond donors (Lipinski definition) is 0. The van der Waals surface area contributed by atoms with Crippen LogP contribution in [0.15, 0.2) is 36.7 Å². The van der Waals surface area contributed by atoms with Gasteiger partial charge in [-0.2, -0.15) is 0 Å². The highest BCUT2D eigenvalue weighted by Gasteiger charge is 2.24. The SMILES string of the molecule is Cc1ccc(OC2CCN(C(=O)Cc3ccc(C)nc3)CC2)nc1. The summed E-state index contributed by atoms with van der Waals surface area (Å²) in [5.74, 6) is 0.823. The molecule has 0 unspecified atom stereocenters. The van der Waals surface area contributed by atoms with E-state index in [9.17, 15) is 4.79 Å². The van der Waals surface area contributed by atoms with Gasteiger partial charge >= 0.3 is 0 Å². The Hall–Kier alpha value is -2.43. The van der Waals surface area contributed by atoms with Crippen molar-refractivity contribution < 1.29 is 9.53 Å². The summed E-state index contributed by atoms with van der Waals surface area (Å²) in [6, 6.07) is 7.81. The van der Waals surface area contributed by atoms with Gasteiger partial charge in [-0.25, -0.2) is 4.98 Å². The van der Waals surface area contributed by atoms with Gasteiger partial charge in [0.2, 0.25) is 11.8 Å². The second-order valence-corrected chi connectivity index (χ2v) is 6.36. The first kappa shape index (κ1) is 16.4. The fraction of sp³-hybridized carbons (Fsp3) is 0.421. The Morgan fingerprint density at radius 3 is 2.54 bits per heavy atom. The van der Waals surface area contributed by atoms with E-state index in [2.05, 4.69) is 9.97 Å². The summed E-state index contributed by atoms with van der Waals surface area (Å²) in [5, 5.41) is 0. The molecule has 0 atom stereocenters. The Morgan fingerprint density at radius 1 is 1.12 bits per heavy atom. The zero-order valence-corrected chi connectivity index (χ0v) is 14.2. The summed E-state index contributed by atoms with van der Waals surface area (Å²) in [5.41, 5.74) is 3.05. The Morgan fingerprint density at radius 2 is 1.92 bits per heavy atom.